The van der Waals surface area contributed by atoms with Gasteiger partial charge < -0.3 is 9.84 Å². The number of aliphatic hydroxyl groups is 1. The molecule has 130 valence electrons. The van der Waals surface area contributed by atoms with Crippen molar-refractivity contribution in [2.45, 2.75) is 11.8 Å². The molecule has 6 heteroatoms. The van der Waals surface area contributed by atoms with Gasteiger partial charge in [0.25, 0.3) is 0 Å². The van der Waals surface area contributed by atoms with Gasteiger partial charge >= 0.3 is 5.97 Å². The topological polar surface area (TPSA) is 58.9 Å². The van der Waals surface area contributed by atoms with E-state index in [2.05, 4.69) is 4.99 Å². The number of carbonyl (C=O) groups excluding carboxylic acids is 1. The third kappa shape index (κ3) is 5.11. The van der Waals surface area contributed by atoms with Crippen molar-refractivity contribution in [2.24, 2.45) is 4.99 Å². The smallest absolute Gasteiger partial charge is 0.343 e. The van der Waals surface area contributed by atoms with Crippen molar-refractivity contribution in [2.75, 3.05) is 12.9 Å². The summed E-state index contributed by atoms with van der Waals surface area (Å²) in [6.45, 7) is 1.88. The van der Waals surface area contributed by atoms with Crippen LogP contribution in [0, 0.1) is 0 Å². The summed E-state index contributed by atoms with van der Waals surface area (Å²) in [7, 11) is 0. The molecule has 0 aromatic heterocycles. The second-order valence-electron chi connectivity index (χ2n) is 4.92. The van der Waals surface area contributed by atoms with E-state index in [1.807, 2.05) is 30.5 Å². The van der Waals surface area contributed by atoms with Crippen LogP contribution in [0.25, 0.3) is 5.76 Å². The van der Waals surface area contributed by atoms with Crippen molar-refractivity contribution in [3.8, 4) is 0 Å². The minimum atomic E-state index is -0.663. The number of benzene rings is 2. The van der Waals surface area contributed by atoms with Gasteiger partial charge in [0, 0.05) is 16.7 Å². The molecule has 0 aliphatic carbocycles. The van der Waals surface area contributed by atoms with Gasteiger partial charge in [-0.1, -0.05) is 23.7 Å². The molecule has 0 saturated heterocycles. The molecule has 2 rings (SSSR count). The lowest BCUT2D eigenvalue weighted by Gasteiger charge is -2.08. The number of aliphatic imine (C=N–C) groups is 1. The van der Waals surface area contributed by atoms with Crippen LogP contribution in [-0.4, -0.2) is 30.2 Å². The van der Waals surface area contributed by atoms with Crippen LogP contribution < -0.4 is 0 Å². The number of ether oxygens (including phenoxy) is 1. The van der Waals surface area contributed by atoms with E-state index in [1.165, 1.54) is 6.21 Å². The number of rotatable bonds is 6. The zero-order chi connectivity index (χ0) is 18.2. The molecule has 2 aromatic rings. The predicted molar refractivity (Wildman–Crippen MR) is 104 cm³/mol. The summed E-state index contributed by atoms with van der Waals surface area (Å²) in [6, 6.07) is 14.2. The Hall–Kier alpha value is -2.24. The molecule has 4 nitrogen and oxygen atoms in total. The van der Waals surface area contributed by atoms with Gasteiger partial charge in [-0.15, -0.1) is 11.8 Å². The molecule has 0 saturated carbocycles. The van der Waals surface area contributed by atoms with Crippen molar-refractivity contribution in [1.29, 1.82) is 0 Å². The first-order chi connectivity index (χ1) is 12.1. The fourth-order valence-electron chi connectivity index (χ4n) is 2.03. The molecule has 0 unspecified atom stereocenters. The Morgan fingerprint density at radius 2 is 1.92 bits per heavy atom. The number of esters is 1. The maximum atomic E-state index is 12.2. The van der Waals surface area contributed by atoms with Crippen LogP contribution in [-0.2, 0) is 9.53 Å². The molecular weight excluding hydrogens is 358 g/mol. The number of nitrogens with zero attached hydrogens (tertiary/aromatic N) is 1. The average Bonchev–Trinajstić information content (AvgIpc) is 2.63. The lowest BCUT2D eigenvalue weighted by molar-refractivity contribution is -0.137. The summed E-state index contributed by atoms with van der Waals surface area (Å²) in [5.74, 6) is -0.932. The Kier molecular flexibility index (Phi) is 7.10. The van der Waals surface area contributed by atoms with E-state index < -0.39 is 5.97 Å². The summed E-state index contributed by atoms with van der Waals surface area (Å²) in [6.07, 6.45) is 3.28. The molecular formula is C19H18ClNO3S. The lowest BCUT2D eigenvalue weighted by Crippen LogP contribution is -2.11. The molecule has 0 radical (unpaired) electrons. The van der Waals surface area contributed by atoms with E-state index in [1.54, 1.807) is 43.0 Å². The molecule has 0 fully saturated rings. The summed E-state index contributed by atoms with van der Waals surface area (Å²) < 4.78 is 5.02. The zero-order valence-corrected chi connectivity index (χ0v) is 15.5. The molecule has 0 aliphatic rings. The van der Waals surface area contributed by atoms with Gasteiger partial charge in [0.05, 0.1) is 17.3 Å². The zero-order valence-electron chi connectivity index (χ0n) is 13.9. The Bertz CT molecular complexity index is 801. The highest BCUT2D eigenvalue weighted by Gasteiger charge is 2.17. The third-order valence-electron chi connectivity index (χ3n) is 3.29. The molecule has 25 heavy (non-hydrogen) atoms. The lowest BCUT2D eigenvalue weighted by atomic mass is 10.1. The highest BCUT2D eigenvalue weighted by molar-refractivity contribution is 7.98. The van der Waals surface area contributed by atoms with Crippen molar-refractivity contribution in [3.63, 3.8) is 0 Å². The molecule has 0 atom stereocenters. The van der Waals surface area contributed by atoms with Gasteiger partial charge in [-0.3, -0.25) is 4.99 Å². The average molecular weight is 376 g/mol. The first-order valence-electron chi connectivity index (χ1n) is 7.60. The van der Waals surface area contributed by atoms with Gasteiger partial charge in [0.15, 0.2) is 0 Å². The molecule has 1 N–H and O–H groups in total. The number of hydrogen-bond acceptors (Lipinski definition) is 5. The maximum Gasteiger partial charge on any atom is 0.343 e. The molecule has 0 heterocycles. The maximum absolute atomic E-state index is 12.2. The van der Waals surface area contributed by atoms with E-state index >= 15 is 0 Å². The molecule has 0 aliphatic heterocycles. The van der Waals surface area contributed by atoms with Crippen LogP contribution in [0.4, 0.5) is 5.69 Å². The first-order valence-corrected chi connectivity index (χ1v) is 9.20. The van der Waals surface area contributed by atoms with Crippen LogP contribution >= 0.6 is 23.4 Å². The molecule has 2 aromatic carbocycles. The third-order valence-corrected chi connectivity index (χ3v) is 4.37. The first kappa shape index (κ1) is 19.1. The van der Waals surface area contributed by atoms with Gasteiger partial charge in [0.1, 0.15) is 11.3 Å². The predicted octanol–water partition coefficient (Wildman–Crippen LogP) is 5.30. The van der Waals surface area contributed by atoms with Crippen LogP contribution in [0.2, 0.25) is 5.02 Å². The Labute approximate surface area is 156 Å². The monoisotopic (exact) mass is 375 g/mol. The standard InChI is InChI=1S/C19H18ClNO3S/c1-3-24-19(23)16(18(22)15-6-4-5-7-17(15)20)12-21-13-8-10-14(25-2)11-9-13/h4-12,22H,3H2,1-2H3. The Morgan fingerprint density at radius 3 is 2.52 bits per heavy atom. The minimum Gasteiger partial charge on any atom is -0.506 e. The SMILES string of the molecule is CCOC(=O)C(C=Nc1ccc(SC)cc1)=C(O)c1ccccc1Cl. The molecule has 0 amide bonds. The fraction of sp³-hybridized carbons (Fsp3) is 0.158. The minimum absolute atomic E-state index is 0.0520. The highest BCUT2D eigenvalue weighted by Crippen LogP contribution is 2.25. The van der Waals surface area contributed by atoms with Gasteiger partial charge in [0.2, 0.25) is 0 Å². The summed E-state index contributed by atoms with van der Waals surface area (Å²) in [5, 5.41) is 10.9. The van der Waals surface area contributed by atoms with Crippen LogP contribution in [0.3, 0.4) is 0 Å². The van der Waals surface area contributed by atoms with Crippen molar-refractivity contribution in [3.05, 3.63) is 64.7 Å². The number of carbonyl (C=O) groups is 1. The second-order valence-corrected chi connectivity index (χ2v) is 6.21. The van der Waals surface area contributed by atoms with Crippen molar-refractivity contribution >= 4 is 47.0 Å². The van der Waals surface area contributed by atoms with E-state index in [9.17, 15) is 9.90 Å². The van der Waals surface area contributed by atoms with E-state index in [4.69, 9.17) is 16.3 Å². The number of thioether (sulfide) groups is 1. The largest absolute Gasteiger partial charge is 0.506 e. The van der Waals surface area contributed by atoms with Gasteiger partial charge in [-0.05, 0) is 49.6 Å². The second kappa shape index (κ2) is 9.30. The Morgan fingerprint density at radius 1 is 1.24 bits per heavy atom. The number of aliphatic hydroxyl groups excluding tert-OH is 1. The van der Waals surface area contributed by atoms with E-state index in [0.717, 1.165) is 4.90 Å². The van der Waals surface area contributed by atoms with E-state index in [-0.39, 0.29) is 17.9 Å². The summed E-state index contributed by atoms with van der Waals surface area (Å²) in [4.78, 5) is 17.6. The summed E-state index contributed by atoms with van der Waals surface area (Å²) in [5.41, 5.74) is 0.951. The fourth-order valence-corrected chi connectivity index (χ4v) is 2.66. The van der Waals surface area contributed by atoms with Crippen molar-refractivity contribution in [1.82, 2.24) is 0 Å². The highest BCUT2D eigenvalue weighted by atomic mass is 35.5. The van der Waals surface area contributed by atoms with Gasteiger partial charge in [-0.2, -0.15) is 0 Å². The summed E-state index contributed by atoms with van der Waals surface area (Å²) >= 11 is 7.73. The Balaban J connectivity index is 2.41. The van der Waals surface area contributed by atoms with Gasteiger partial charge in [-0.25, -0.2) is 4.79 Å². The van der Waals surface area contributed by atoms with Crippen molar-refractivity contribution < 1.29 is 14.6 Å². The van der Waals surface area contributed by atoms with Crippen LogP contribution in [0.5, 0.6) is 0 Å². The molecule has 0 bridgehead atoms. The quantitative estimate of drug-likeness (QED) is 0.245. The van der Waals surface area contributed by atoms with Crippen LogP contribution in [0.15, 0.2) is 64.0 Å². The van der Waals surface area contributed by atoms with Crippen LogP contribution in [0.1, 0.15) is 12.5 Å². The number of hydrogen-bond donors (Lipinski definition) is 1. The number of halogens is 1. The normalized spacial score (nSPS) is 12.1. The van der Waals surface area contributed by atoms with E-state index in [0.29, 0.717) is 16.3 Å². The molecule has 0 spiro atoms.